The highest BCUT2D eigenvalue weighted by atomic mass is 33.1. The molecule has 2 heterocycles. The molecular weight excluding hydrogens is 939 g/mol. The van der Waals surface area contributed by atoms with Crippen molar-refractivity contribution >= 4 is 86.6 Å². The van der Waals surface area contributed by atoms with Crippen LogP contribution in [-0.4, -0.2) is 154 Å². The van der Waals surface area contributed by atoms with E-state index in [-0.39, 0.29) is 61.8 Å². The van der Waals surface area contributed by atoms with Crippen LogP contribution in [0.15, 0.2) is 24.3 Å². The average Bonchev–Trinajstić information content (AvgIpc) is 3.77. The number of carbonyl (C=O) groups is 11. The van der Waals surface area contributed by atoms with Crippen molar-refractivity contribution in [3.05, 3.63) is 29.8 Å². The molecule has 0 unspecified atom stereocenters. The molecular formula is C44H67N11O12S2. The second-order valence-corrected chi connectivity index (χ2v) is 20.2. The smallest absolute Gasteiger partial charge is 0.246 e. The summed E-state index contributed by atoms with van der Waals surface area (Å²) in [6, 6.07) is -3.42. The average molecular weight is 1010 g/mol. The maximum absolute atomic E-state index is 14.5. The lowest BCUT2D eigenvalue weighted by Gasteiger charge is -2.31. The van der Waals surface area contributed by atoms with E-state index in [1.54, 1.807) is 26.0 Å². The second kappa shape index (κ2) is 27.8. The van der Waals surface area contributed by atoms with Gasteiger partial charge in [0.1, 0.15) is 48.0 Å². The van der Waals surface area contributed by atoms with Gasteiger partial charge in [-0.05, 0) is 55.2 Å². The van der Waals surface area contributed by atoms with Crippen molar-refractivity contribution in [2.45, 2.75) is 128 Å². The van der Waals surface area contributed by atoms with Crippen molar-refractivity contribution in [2.24, 2.45) is 29.0 Å². The Balaban J connectivity index is 2.03. The van der Waals surface area contributed by atoms with Crippen molar-refractivity contribution < 1.29 is 57.8 Å². The first-order chi connectivity index (χ1) is 32.5. The third-order valence-electron chi connectivity index (χ3n) is 11.4. The van der Waals surface area contributed by atoms with Gasteiger partial charge < -0.3 is 64.0 Å². The molecule has 1 aromatic rings. The minimum atomic E-state index is -1.73. The molecule has 0 bridgehead atoms. The summed E-state index contributed by atoms with van der Waals surface area (Å²) in [6.45, 7) is 6.78. The largest absolute Gasteiger partial charge is 0.508 e. The van der Waals surface area contributed by atoms with Crippen molar-refractivity contribution in [3.63, 3.8) is 0 Å². The van der Waals surface area contributed by atoms with E-state index in [0.29, 0.717) is 18.4 Å². The van der Waals surface area contributed by atoms with Crippen LogP contribution in [0.4, 0.5) is 0 Å². The van der Waals surface area contributed by atoms with Crippen LogP contribution in [0, 0.1) is 11.8 Å². The molecule has 0 aromatic heterocycles. The Bertz CT molecular complexity index is 2050. The van der Waals surface area contributed by atoms with Gasteiger partial charge in [-0.15, -0.1) is 0 Å². The van der Waals surface area contributed by atoms with Gasteiger partial charge in [0.25, 0.3) is 0 Å². The third kappa shape index (κ3) is 18.7. The Morgan fingerprint density at radius 3 is 2.07 bits per heavy atom. The normalized spacial score (nSPS) is 23.2. The Labute approximate surface area is 408 Å². The zero-order chi connectivity index (χ0) is 51.5. The number of phenolic OH excluding ortho intramolecular Hbond substituents is 1. The number of likely N-dealkylation sites (N-methyl/N-ethyl adjacent to an activating group) is 1. The number of hydrogen-bond acceptors (Lipinski definition) is 14. The van der Waals surface area contributed by atoms with Crippen molar-refractivity contribution in [2.75, 3.05) is 31.6 Å². The first-order valence-electron chi connectivity index (χ1n) is 22.7. The van der Waals surface area contributed by atoms with Gasteiger partial charge in [0, 0.05) is 44.4 Å². The highest BCUT2D eigenvalue weighted by Crippen LogP contribution is 2.26. The number of phenols is 1. The number of aromatic hydroxyl groups is 1. The summed E-state index contributed by atoms with van der Waals surface area (Å²) in [5.41, 5.74) is 16.8. The molecule has 3 rings (SSSR count). The van der Waals surface area contributed by atoms with E-state index >= 15 is 0 Å². The predicted octanol–water partition coefficient (Wildman–Crippen LogP) is -2.20. The fourth-order valence-electron chi connectivity index (χ4n) is 7.60. The van der Waals surface area contributed by atoms with Gasteiger partial charge in [-0.3, -0.25) is 52.7 Å². The SMILES string of the molecule is CC[C@H](C)[C@@H]1NC(=O)[C@H](Cc2ccc(O)cc2)NC(=O)CCSSC[C@@H](C(=O)N2CCC[C@H]2C(=O)N[C@@H](CC(C)C)C(=O)N(C)CC(N)=O)NC(=O)[C@H](CC(N)=O)NC(=O)[C@H](CCC(N)=O)NC1=O. The third-order valence-corrected chi connectivity index (χ3v) is 13.9. The maximum Gasteiger partial charge on any atom is 0.246 e. The van der Waals surface area contributed by atoms with Crippen LogP contribution in [0.1, 0.15) is 84.6 Å². The molecule has 13 N–H and O–H groups in total. The zero-order valence-corrected chi connectivity index (χ0v) is 41.2. The molecule has 2 saturated heterocycles. The van der Waals surface area contributed by atoms with E-state index in [1.807, 2.05) is 13.8 Å². The molecule has 11 amide bonds. The van der Waals surface area contributed by atoms with E-state index in [1.165, 1.54) is 24.1 Å². The molecule has 2 aliphatic rings. The molecule has 382 valence electrons. The van der Waals surface area contributed by atoms with Crippen molar-refractivity contribution in [3.8, 4) is 5.75 Å². The van der Waals surface area contributed by atoms with Gasteiger partial charge in [0.15, 0.2) is 0 Å². The molecule has 23 nitrogen and oxygen atoms in total. The topological polar surface area (TPSA) is 365 Å². The number of primary amides is 3. The van der Waals surface area contributed by atoms with Gasteiger partial charge in [-0.25, -0.2) is 0 Å². The quantitative estimate of drug-likeness (QED) is 0.0741. The molecule has 2 aliphatic heterocycles. The fourth-order valence-corrected chi connectivity index (χ4v) is 9.74. The van der Waals surface area contributed by atoms with Gasteiger partial charge in [-0.1, -0.05) is 67.8 Å². The zero-order valence-electron chi connectivity index (χ0n) is 39.6. The number of nitrogens with zero attached hydrogens (tertiary/aromatic N) is 2. The highest BCUT2D eigenvalue weighted by molar-refractivity contribution is 8.76. The molecule has 69 heavy (non-hydrogen) atoms. The lowest BCUT2D eigenvalue weighted by molar-refractivity contribution is -0.143. The van der Waals surface area contributed by atoms with Crippen molar-refractivity contribution in [1.29, 1.82) is 0 Å². The Hall–Kier alpha value is -6.11. The Morgan fingerprint density at radius 1 is 0.826 bits per heavy atom. The van der Waals surface area contributed by atoms with Crippen LogP contribution < -0.4 is 49.1 Å². The number of hydrogen-bond donors (Lipinski definition) is 10. The Morgan fingerprint density at radius 2 is 1.46 bits per heavy atom. The highest BCUT2D eigenvalue weighted by Gasteiger charge is 2.41. The molecule has 0 aliphatic carbocycles. The predicted molar refractivity (Wildman–Crippen MR) is 256 cm³/mol. The summed E-state index contributed by atoms with van der Waals surface area (Å²) in [7, 11) is 3.61. The summed E-state index contributed by atoms with van der Waals surface area (Å²) in [5, 5.41) is 25.5. The summed E-state index contributed by atoms with van der Waals surface area (Å²) in [4.78, 5) is 150. The standard InChI is InChI=1S/C44H67N11O12S2/c1-6-24(4)37-42(65)49-27(13-14-33(45)57)38(61)50-29(20-34(46)58)39(62)52-31(22-69-68-17-15-36(60)48-28(40(63)53-37)19-25-9-11-26(56)12-10-25)44(67)55-16-7-8-32(55)41(64)51-30(18-23(2)3)43(66)54(5)21-35(47)59/h9-12,23-24,27-32,37,56H,6-8,13-22H2,1-5H3,(H2,45,57)(H2,46,58)(H2,47,59)(H,48,60)(H,49,65)(H,50,61)(H,51,64)(H,52,62)(H,53,63)/t24-,27-,28-,29-,30-,31-,32-,37-/m0/s1. The van der Waals surface area contributed by atoms with Crippen LogP contribution in [-0.2, 0) is 59.2 Å². The fraction of sp³-hybridized carbons (Fsp3) is 0.614. The first-order valence-corrected chi connectivity index (χ1v) is 25.2. The number of amides is 11. The van der Waals surface area contributed by atoms with E-state index in [2.05, 4.69) is 31.9 Å². The van der Waals surface area contributed by atoms with Gasteiger partial charge in [0.2, 0.25) is 65.0 Å². The van der Waals surface area contributed by atoms with Gasteiger partial charge in [0.05, 0.1) is 13.0 Å². The first kappa shape index (κ1) is 57.2. The van der Waals surface area contributed by atoms with E-state index < -0.39 is 133 Å². The van der Waals surface area contributed by atoms with Crippen LogP contribution in [0.3, 0.4) is 0 Å². The number of likely N-dealkylation sites (tertiary alicyclic amines) is 1. The van der Waals surface area contributed by atoms with Crippen LogP contribution in [0.2, 0.25) is 0 Å². The molecule has 0 radical (unpaired) electrons. The molecule has 2 fully saturated rings. The molecule has 0 saturated carbocycles. The maximum atomic E-state index is 14.5. The lowest BCUT2D eigenvalue weighted by atomic mass is 9.96. The van der Waals surface area contributed by atoms with E-state index in [9.17, 15) is 57.8 Å². The molecule has 25 heteroatoms. The van der Waals surface area contributed by atoms with E-state index in [0.717, 1.165) is 26.5 Å². The number of nitrogens with one attached hydrogen (secondary N) is 6. The van der Waals surface area contributed by atoms with Gasteiger partial charge >= 0.3 is 0 Å². The summed E-state index contributed by atoms with van der Waals surface area (Å²) < 4.78 is 0. The number of rotatable bonds is 17. The lowest BCUT2D eigenvalue weighted by Crippen LogP contribution is -2.61. The number of benzene rings is 1. The minimum Gasteiger partial charge on any atom is -0.508 e. The monoisotopic (exact) mass is 1010 g/mol. The van der Waals surface area contributed by atoms with Crippen LogP contribution in [0.25, 0.3) is 0 Å². The van der Waals surface area contributed by atoms with Crippen LogP contribution >= 0.6 is 21.6 Å². The second-order valence-electron chi connectivity index (χ2n) is 17.6. The number of nitrogens with two attached hydrogens (primary N) is 3. The molecule has 8 atom stereocenters. The summed E-state index contributed by atoms with van der Waals surface area (Å²) in [6.07, 6.45) is -0.613. The summed E-state index contributed by atoms with van der Waals surface area (Å²) in [5.74, 6) is -9.44. The minimum absolute atomic E-state index is 0.0251. The molecule has 0 spiro atoms. The van der Waals surface area contributed by atoms with Gasteiger partial charge in [-0.2, -0.15) is 0 Å². The van der Waals surface area contributed by atoms with E-state index in [4.69, 9.17) is 17.2 Å². The summed E-state index contributed by atoms with van der Waals surface area (Å²) >= 11 is 0. The van der Waals surface area contributed by atoms with Crippen LogP contribution in [0.5, 0.6) is 5.75 Å². The number of carbonyl (C=O) groups excluding carboxylic acids is 11. The van der Waals surface area contributed by atoms with Crippen molar-refractivity contribution in [1.82, 2.24) is 41.7 Å². The molecule has 1 aromatic carbocycles. The Kier molecular flexibility index (Phi) is 23.0.